The molecule has 90 valence electrons. The van der Waals surface area contributed by atoms with Gasteiger partial charge in [-0.3, -0.25) is 4.79 Å². The van der Waals surface area contributed by atoms with Crippen LogP contribution < -0.4 is 5.32 Å². The second kappa shape index (κ2) is 6.86. The van der Waals surface area contributed by atoms with Crippen LogP contribution in [0.4, 0.5) is 0 Å². The first-order valence-corrected chi connectivity index (χ1v) is 6.85. The highest BCUT2D eigenvalue weighted by Gasteiger charge is 2.11. The van der Waals surface area contributed by atoms with Gasteiger partial charge in [0, 0.05) is 17.8 Å². The number of hydrogen-bond donors (Lipinski definition) is 1. The Balaban J connectivity index is 2.40. The van der Waals surface area contributed by atoms with Gasteiger partial charge in [0.25, 0.3) is 5.91 Å². The van der Waals surface area contributed by atoms with E-state index in [-0.39, 0.29) is 5.91 Å². The normalized spacial score (nSPS) is 12.4. The largest absolute Gasteiger partial charge is 0.350 e. The maximum absolute atomic E-state index is 11.7. The lowest BCUT2D eigenvalue weighted by Crippen LogP contribution is -2.29. The first-order valence-electron chi connectivity index (χ1n) is 5.43. The van der Waals surface area contributed by atoms with E-state index in [1.165, 1.54) is 11.3 Å². The quantitative estimate of drug-likeness (QED) is 0.800. The molecule has 1 N–H and O–H groups in total. The molecular formula is C11H17ClN2OS. The molecule has 0 fully saturated rings. The van der Waals surface area contributed by atoms with Crippen molar-refractivity contribution in [3.8, 4) is 0 Å². The summed E-state index contributed by atoms with van der Waals surface area (Å²) in [6, 6.07) is 0. The molecule has 1 unspecified atom stereocenters. The summed E-state index contributed by atoms with van der Waals surface area (Å²) in [6.07, 6.45) is 1.97. The van der Waals surface area contributed by atoms with Gasteiger partial charge < -0.3 is 5.32 Å². The Labute approximate surface area is 105 Å². The molecule has 5 heteroatoms. The topological polar surface area (TPSA) is 42.0 Å². The van der Waals surface area contributed by atoms with Crippen molar-refractivity contribution < 1.29 is 4.79 Å². The van der Waals surface area contributed by atoms with Gasteiger partial charge in [0.2, 0.25) is 0 Å². The minimum absolute atomic E-state index is 0.0858. The van der Waals surface area contributed by atoms with Crippen molar-refractivity contribution in [1.29, 1.82) is 0 Å². The number of rotatable bonds is 6. The Kier molecular flexibility index (Phi) is 5.77. The molecule has 16 heavy (non-hydrogen) atoms. The Morgan fingerprint density at radius 2 is 2.44 bits per heavy atom. The number of carbonyl (C=O) groups excluding carboxylic acids is 1. The van der Waals surface area contributed by atoms with Crippen LogP contribution in [0.25, 0.3) is 0 Å². The number of alkyl halides is 1. The van der Waals surface area contributed by atoms with Gasteiger partial charge in [0.05, 0.1) is 5.01 Å². The molecule has 1 atom stereocenters. The van der Waals surface area contributed by atoms with E-state index in [9.17, 15) is 4.79 Å². The number of thiazole rings is 1. The van der Waals surface area contributed by atoms with Crippen molar-refractivity contribution in [2.75, 3.05) is 12.4 Å². The standard InChI is InChI=1S/C11H17ClN2OS/c1-3-9(4-5-12)6-13-11(15)10-7-16-8(2)14-10/h7,9H,3-6H2,1-2H3,(H,13,15). The van der Waals surface area contributed by atoms with Crippen LogP contribution in [-0.2, 0) is 0 Å². The Hall–Kier alpha value is -0.610. The molecule has 0 aliphatic heterocycles. The number of halogens is 1. The van der Waals surface area contributed by atoms with Crippen LogP contribution in [0.3, 0.4) is 0 Å². The molecule has 0 radical (unpaired) electrons. The fourth-order valence-electron chi connectivity index (χ4n) is 1.40. The molecule has 0 aromatic carbocycles. The number of nitrogens with one attached hydrogen (secondary N) is 1. The first-order chi connectivity index (χ1) is 7.67. The molecule has 0 aliphatic rings. The van der Waals surface area contributed by atoms with Crippen molar-refractivity contribution in [1.82, 2.24) is 10.3 Å². The Bertz CT molecular complexity index is 340. The highest BCUT2D eigenvalue weighted by molar-refractivity contribution is 7.09. The molecule has 1 rings (SSSR count). The SMILES string of the molecule is CCC(CCCl)CNC(=O)c1csc(C)n1. The summed E-state index contributed by atoms with van der Waals surface area (Å²) >= 11 is 7.18. The highest BCUT2D eigenvalue weighted by atomic mass is 35.5. The smallest absolute Gasteiger partial charge is 0.270 e. The molecule has 1 aromatic heterocycles. The molecule has 0 spiro atoms. The number of nitrogens with zero attached hydrogens (tertiary/aromatic N) is 1. The molecule has 0 bridgehead atoms. The minimum Gasteiger partial charge on any atom is -0.350 e. The fraction of sp³-hybridized carbons (Fsp3) is 0.636. The van der Waals surface area contributed by atoms with Gasteiger partial charge in [-0.2, -0.15) is 0 Å². The summed E-state index contributed by atoms with van der Waals surface area (Å²) in [5, 5.41) is 5.59. The van der Waals surface area contributed by atoms with Gasteiger partial charge in [-0.25, -0.2) is 4.98 Å². The number of aryl methyl sites for hydroxylation is 1. The Morgan fingerprint density at radius 1 is 1.69 bits per heavy atom. The van der Waals surface area contributed by atoms with Gasteiger partial charge in [-0.05, 0) is 19.3 Å². The third-order valence-corrected chi connectivity index (χ3v) is 3.49. The van der Waals surface area contributed by atoms with E-state index in [1.54, 1.807) is 5.38 Å². The number of carbonyl (C=O) groups is 1. The molecule has 1 heterocycles. The molecule has 1 amide bonds. The van der Waals surface area contributed by atoms with Crippen LogP contribution in [0.2, 0.25) is 0 Å². The van der Waals surface area contributed by atoms with Gasteiger partial charge in [0.15, 0.2) is 0 Å². The molecule has 0 aliphatic carbocycles. The van der Waals surface area contributed by atoms with E-state index in [0.29, 0.717) is 24.0 Å². The predicted molar refractivity (Wildman–Crippen MR) is 68.3 cm³/mol. The van der Waals surface area contributed by atoms with Crippen molar-refractivity contribution in [2.45, 2.75) is 26.7 Å². The summed E-state index contributed by atoms with van der Waals surface area (Å²) in [5.74, 6) is 1.02. The second-order valence-corrected chi connectivity index (χ2v) is 5.15. The average Bonchev–Trinajstić information content (AvgIpc) is 2.70. The summed E-state index contributed by atoms with van der Waals surface area (Å²) in [7, 11) is 0. The average molecular weight is 261 g/mol. The third-order valence-electron chi connectivity index (χ3n) is 2.50. The van der Waals surface area contributed by atoms with Crippen molar-refractivity contribution in [3.63, 3.8) is 0 Å². The Morgan fingerprint density at radius 3 is 2.94 bits per heavy atom. The molecule has 1 aromatic rings. The summed E-state index contributed by atoms with van der Waals surface area (Å²) in [6.45, 7) is 4.68. The number of aromatic nitrogens is 1. The van der Waals surface area contributed by atoms with Gasteiger partial charge in [0.1, 0.15) is 5.69 Å². The summed E-state index contributed by atoms with van der Waals surface area (Å²) in [4.78, 5) is 15.8. The van der Waals surface area contributed by atoms with E-state index in [4.69, 9.17) is 11.6 Å². The van der Waals surface area contributed by atoms with E-state index < -0.39 is 0 Å². The molecular weight excluding hydrogens is 244 g/mol. The van der Waals surface area contributed by atoms with Crippen LogP contribution in [0.15, 0.2) is 5.38 Å². The van der Waals surface area contributed by atoms with Crippen LogP contribution in [-0.4, -0.2) is 23.3 Å². The zero-order valence-electron chi connectivity index (χ0n) is 9.62. The first kappa shape index (κ1) is 13.5. The second-order valence-electron chi connectivity index (χ2n) is 3.71. The minimum atomic E-state index is -0.0858. The van der Waals surface area contributed by atoms with Crippen molar-refractivity contribution >= 4 is 28.8 Å². The number of hydrogen-bond acceptors (Lipinski definition) is 3. The lowest BCUT2D eigenvalue weighted by molar-refractivity contribution is 0.0942. The molecule has 3 nitrogen and oxygen atoms in total. The van der Waals surface area contributed by atoms with E-state index >= 15 is 0 Å². The van der Waals surface area contributed by atoms with E-state index in [1.807, 2.05) is 6.92 Å². The summed E-state index contributed by atoms with van der Waals surface area (Å²) in [5.41, 5.74) is 0.517. The summed E-state index contributed by atoms with van der Waals surface area (Å²) < 4.78 is 0. The van der Waals surface area contributed by atoms with E-state index in [2.05, 4.69) is 17.2 Å². The zero-order valence-corrected chi connectivity index (χ0v) is 11.2. The van der Waals surface area contributed by atoms with Crippen LogP contribution in [0.1, 0.15) is 35.3 Å². The van der Waals surface area contributed by atoms with Crippen LogP contribution in [0, 0.1) is 12.8 Å². The number of amides is 1. The maximum Gasteiger partial charge on any atom is 0.270 e. The maximum atomic E-state index is 11.7. The predicted octanol–water partition coefficient (Wildman–Crippen LogP) is 2.84. The fourth-order valence-corrected chi connectivity index (χ4v) is 2.30. The van der Waals surface area contributed by atoms with Crippen LogP contribution >= 0.6 is 22.9 Å². The van der Waals surface area contributed by atoms with E-state index in [0.717, 1.165) is 17.8 Å². The molecule has 0 saturated heterocycles. The van der Waals surface area contributed by atoms with Gasteiger partial charge in [-0.1, -0.05) is 13.3 Å². The molecule has 0 saturated carbocycles. The lowest BCUT2D eigenvalue weighted by atomic mass is 10.0. The zero-order chi connectivity index (χ0) is 12.0. The monoisotopic (exact) mass is 260 g/mol. The highest BCUT2D eigenvalue weighted by Crippen LogP contribution is 2.10. The van der Waals surface area contributed by atoms with Crippen molar-refractivity contribution in [2.24, 2.45) is 5.92 Å². The van der Waals surface area contributed by atoms with Crippen molar-refractivity contribution in [3.05, 3.63) is 16.1 Å². The van der Waals surface area contributed by atoms with Gasteiger partial charge >= 0.3 is 0 Å². The lowest BCUT2D eigenvalue weighted by Gasteiger charge is -2.13. The third kappa shape index (κ3) is 4.10. The van der Waals surface area contributed by atoms with Gasteiger partial charge in [-0.15, -0.1) is 22.9 Å². The van der Waals surface area contributed by atoms with Crippen LogP contribution in [0.5, 0.6) is 0 Å².